The van der Waals surface area contributed by atoms with Crippen molar-refractivity contribution in [3.8, 4) is 0 Å². The number of nitrogens with zero attached hydrogens (tertiary/aromatic N) is 2. The maximum absolute atomic E-state index is 12.0. The Morgan fingerprint density at radius 3 is 2.43 bits per heavy atom. The second-order valence-corrected chi connectivity index (χ2v) is 4.41. The van der Waals surface area contributed by atoms with Crippen molar-refractivity contribution in [3.63, 3.8) is 0 Å². The Morgan fingerprint density at radius 1 is 1.33 bits per heavy atom. The van der Waals surface area contributed by atoms with Gasteiger partial charge in [0, 0.05) is 7.05 Å². The van der Waals surface area contributed by atoms with Crippen molar-refractivity contribution in [3.05, 3.63) is 40.6 Å². The molecular weight excluding hydrogens is 280 g/mol. The van der Waals surface area contributed by atoms with Crippen LogP contribution in [0, 0.1) is 5.21 Å². The molecule has 1 unspecified atom stereocenters. The van der Waals surface area contributed by atoms with Crippen LogP contribution in [-0.2, 0) is 4.84 Å². The Kier molecular flexibility index (Phi) is 4.96. The number of benzene rings is 1. The van der Waals surface area contributed by atoms with Gasteiger partial charge in [0.15, 0.2) is 6.73 Å². The number of quaternary nitrogens is 1. The molecule has 1 atom stereocenters. The van der Waals surface area contributed by atoms with Gasteiger partial charge in [-0.15, -0.1) is 5.01 Å². The molecule has 1 aromatic carbocycles. The van der Waals surface area contributed by atoms with E-state index in [2.05, 4.69) is 5.59 Å². The van der Waals surface area contributed by atoms with E-state index in [9.17, 15) is 14.8 Å². The highest BCUT2D eigenvalue weighted by Crippen LogP contribution is 2.21. The first-order valence-electron chi connectivity index (χ1n) is 6.25. The van der Waals surface area contributed by atoms with Crippen LogP contribution in [0.15, 0.2) is 24.3 Å². The van der Waals surface area contributed by atoms with Crippen LogP contribution in [0.2, 0.25) is 0 Å². The number of hydrogen-bond donors (Lipinski definition) is 3. The third kappa shape index (κ3) is 3.24. The number of aliphatic hydroxyl groups is 1. The van der Waals surface area contributed by atoms with Crippen molar-refractivity contribution in [1.29, 1.82) is 0 Å². The molecule has 0 fully saturated rings. The fraction of sp³-hybridized carbons (Fsp3) is 0.333. The summed E-state index contributed by atoms with van der Waals surface area (Å²) in [5, 5.41) is 20.8. The van der Waals surface area contributed by atoms with Gasteiger partial charge in [0.05, 0.1) is 24.3 Å². The molecule has 0 aliphatic carbocycles. The fourth-order valence-corrected chi connectivity index (χ4v) is 1.84. The van der Waals surface area contributed by atoms with E-state index in [0.29, 0.717) is 11.1 Å². The standard InChI is InChI=1S/C12H16N4O5/c1-14(6-7-17)16(20)13-21-8-15-11(18)9-4-2-3-5-10(9)12(15)19/h2-5,13,16-17H,6-8H2,1H3. The number of hydrogen-bond acceptors (Lipinski definition) is 7. The lowest BCUT2D eigenvalue weighted by Crippen LogP contribution is -3.19. The van der Waals surface area contributed by atoms with Crippen LogP contribution in [-0.4, -0.2) is 53.8 Å². The molecule has 9 heteroatoms. The molecule has 21 heavy (non-hydrogen) atoms. The van der Waals surface area contributed by atoms with Gasteiger partial charge in [-0.05, 0) is 17.7 Å². The summed E-state index contributed by atoms with van der Waals surface area (Å²) < 4.78 is 0. The predicted octanol–water partition coefficient (Wildman–Crippen LogP) is -2.10. The molecule has 0 aromatic heterocycles. The summed E-state index contributed by atoms with van der Waals surface area (Å²) in [7, 11) is 1.47. The van der Waals surface area contributed by atoms with E-state index in [4.69, 9.17) is 9.94 Å². The van der Waals surface area contributed by atoms with Gasteiger partial charge in [0.25, 0.3) is 11.8 Å². The van der Waals surface area contributed by atoms with Gasteiger partial charge in [-0.3, -0.25) is 9.59 Å². The van der Waals surface area contributed by atoms with Gasteiger partial charge < -0.3 is 10.3 Å². The molecular formula is C12H16N4O5. The zero-order valence-electron chi connectivity index (χ0n) is 11.4. The lowest BCUT2D eigenvalue weighted by atomic mass is 10.1. The molecule has 0 spiro atoms. The fourth-order valence-electron chi connectivity index (χ4n) is 1.84. The number of imide groups is 1. The molecule has 0 radical (unpaired) electrons. The number of carbonyl (C=O) groups is 2. The van der Waals surface area contributed by atoms with Gasteiger partial charge in [0.1, 0.15) is 0 Å². The normalized spacial score (nSPS) is 15.7. The molecule has 1 aromatic rings. The summed E-state index contributed by atoms with van der Waals surface area (Å²) in [4.78, 5) is 29.8. The van der Waals surface area contributed by atoms with Gasteiger partial charge in [0.2, 0.25) is 0 Å². The molecule has 1 aliphatic heterocycles. The summed E-state index contributed by atoms with van der Waals surface area (Å²) in [6.07, 6.45) is 0. The molecule has 114 valence electrons. The molecule has 2 rings (SSSR count). The first kappa shape index (κ1) is 15.5. The van der Waals surface area contributed by atoms with Gasteiger partial charge in [-0.25, -0.2) is 9.74 Å². The van der Waals surface area contributed by atoms with Crippen LogP contribution in [0.25, 0.3) is 0 Å². The van der Waals surface area contributed by atoms with Crippen LogP contribution in [0.5, 0.6) is 0 Å². The Labute approximate surface area is 120 Å². The van der Waals surface area contributed by atoms with Crippen molar-refractivity contribution >= 4 is 11.8 Å². The molecule has 0 saturated carbocycles. The SMILES string of the molecule is CN(CCO)[NH+]([O-])NOCN1C(=O)c2ccccc2C1=O. The Bertz CT molecular complexity index is 503. The molecule has 3 N–H and O–H groups in total. The Hall–Kier alpha value is -1.88. The van der Waals surface area contributed by atoms with Gasteiger partial charge in [-0.1, -0.05) is 12.1 Å². The largest absolute Gasteiger partial charge is 0.591 e. The van der Waals surface area contributed by atoms with Gasteiger partial charge in [-0.2, -0.15) is 5.28 Å². The van der Waals surface area contributed by atoms with E-state index < -0.39 is 17.1 Å². The highest BCUT2D eigenvalue weighted by Gasteiger charge is 2.35. The third-order valence-corrected chi connectivity index (χ3v) is 3.01. The lowest BCUT2D eigenvalue weighted by Gasteiger charge is -2.29. The van der Waals surface area contributed by atoms with E-state index in [1.807, 2.05) is 0 Å². The van der Waals surface area contributed by atoms with Crippen LogP contribution in [0.3, 0.4) is 0 Å². The highest BCUT2D eigenvalue weighted by atomic mass is 16.8. The average molecular weight is 296 g/mol. The van der Waals surface area contributed by atoms with E-state index in [-0.39, 0.29) is 19.9 Å². The minimum absolute atomic E-state index is 0.141. The molecule has 1 heterocycles. The molecule has 0 bridgehead atoms. The number of nitrogens with one attached hydrogen (secondary N) is 2. The first-order valence-corrected chi connectivity index (χ1v) is 6.25. The number of likely N-dealkylation sites (N-methyl/N-ethyl adjacent to an activating group) is 1. The quantitative estimate of drug-likeness (QED) is 0.390. The van der Waals surface area contributed by atoms with E-state index in [0.717, 1.165) is 4.90 Å². The van der Waals surface area contributed by atoms with Crippen LogP contribution in [0.4, 0.5) is 0 Å². The average Bonchev–Trinajstić information content (AvgIpc) is 2.73. The van der Waals surface area contributed by atoms with Crippen LogP contribution < -0.4 is 10.9 Å². The van der Waals surface area contributed by atoms with Crippen LogP contribution in [0.1, 0.15) is 20.7 Å². The lowest BCUT2D eigenvalue weighted by molar-refractivity contribution is -1.03. The summed E-state index contributed by atoms with van der Waals surface area (Å²) in [6, 6.07) is 6.45. The number of carbonyl (C=O) groups excluding carboxylic acids is 2. The number of fused-ring (bicyclic) bond motifs is 1. The van der Waals surface area contributed by atoms with Crippen molar-refractivity contribution in [1.82, 2.24) is 15.5 Å². The molecule has 9 nitrogen and oxygen atoms in total. The number of amides is 2. The monoisotopic (exact) mass is 296 g/mol. The minimum atomic E-state index is -0.583. The number of aliphatic hydroxyl groups excluding tert-OH is 1. The molecule has 1 aliphatic rings. The molecule has 0 saturated heterocycles. The zero-order valence-corrected chi connectivity index (χ0v) is 11.4. The first-order chi connectivity index (χ1) is 10.1. The smallest absolute Gasteiger partial charge is 0.263 e. The Balaban J connectivity index is 1.88. The summed E-state index contributed by atoms with van der Waals surface area (Å²) in [5.74, 6) is -0.929. The second-order valence-electron chi connectivity index (χ2n) is 4.41. The number of rotatable bonds is 7. The van der Waals surface area contributed by atoms with Crippen molar-refractivity contribution in [2.75, 3.05) is 26.9 Å². The summed E-state index contributed by atoms with van der Waals surface area (Å²) in [5.41, 5.74) is 2.72. The topological polar surface area (TPSA) is 110 Å². The van der Waals surface area contributed by atoms with Crippen molar-refractivity contribution in [2.24, 2.45) is 0 Å². The minimum Gasteiger partial charge on any atom is -0.591 e. The highest BCUT2D eigenvalue weighted by molar-refractivity contribution is 6.21. The second kappa shape index (κ2) is 6.72. The van der Waals surface area contributed by atoms with Gasteiger partial charge >= 0.3 is 0 Å². The third-order valence-electron chi connectivity index (χ3n) is 3.01. The predicted molar refractivity (Wildman–Crippen MR) is 70.1 cm³/mol. The van der Waals surface area contributed by atoms with Crippen LogP contribution >= 0.6 is 0 Å². The molecule has 2 amide bonds. The maximum atomic E-state index is 12.0. The van der Waals surface area contributed by atoms with Crippen molar-refractivity contribution in [2.45, 2.75) is 0 Å². The van der Waals surface area contributed by atoms with E-state index >= 15 is 0 Å². The van der Waals surface area contributed by atoms with E-state index in [1.165, 1.54) is 12.1 Å². The van der Waals surface area contributed by atoms with Crippen molar-refractivity contribution < 1.29 is 24.8 Å². The summed E-state index contributed by atoms with van der Waals surface area (Å²) >= 11 is 0. The van der Waals surface area contributed by atoms with E-state index in [1.54, 1.807) is 24.3 Å². The summed E-state index contributed by atoms with van der Waals surface area (Å²) in [6.45, 7) is -0.421. The maximum Gasteiger partial charge on any atom is 0.263 e. The Morgan fingerprint density at radius 2 is 1.90 bits per heavy atom. The zero-order chi connectivity index (χ0) is 15.4.